The van der Waals surface area contributed by atoms with Crippen molar-refractivity contribution in [3.63, 3.8) is 0 Å². The Morgan fingerprint density at radius 2 is 1.71 bits per heavy atom. The Bertz CT molecular complexity index is 85.9. The summed E-state index contributed by atoms with van der Waals surface area (Å²) in [7, 11) is 0. The van der Waals surface area contributed by atoms with Gasteiger partial charge < -0.3 is 0 Å². The molecular formula is C4H5Br2O. The van der Waals surface area contributed by atoms with E-state index in [9.17, 15) is 5.11 Å². The van der Waals surface area contributed by atoms with E-state index in [1.165, 1.54) is 0 Å². The van der Waals surface area contributed by atoms with Crippen molar-refractivity contribution in [2.24, 2.45) is 0 Å². The highest BCUT2D eigenvalue weighted by Gasteiger charge is 2.62. The fourth-order valence-corrected chi connectivity index (χ4v) is 1.45. The molecule has 0 heterocycles. The summed E-state index contributed by atoms with van der Waals surface area (Å²) in [4.78, 5) is 0. The molecule has 41 valence electrons. The van der Waals surface area contributed by atoms with E-state index in [-0.39, 0.29) is 3.23 Å². The van der Waals surface area contributed by atoms with Crippen molar-refractivity contribution in [2.75, 3.05) is 0 Å². The molecule has 1 atom stereocenters. The standard InChI is InChI=1S/C4H5Br2O/c1-3(7)2-4(3,5)6/h2H2,1H3. The van der Waals surface area contributed by atoms with Crippen molar-refractivity contribution in [1.29, 1.82) is 0 Å². The molecule has 0 saturated heterocycles. The molecule has 1 rings (SSSR count). The van der Waals surface area contributed by atoms with E-state index in [4.69, 9.17) is 0 Å². The monoisotopic (exact) mass is 227 g/mol. The van der Waals surface area contributed by atoms with Gasteiger partial charge in [0.1, 0.15) is 8.83 Å². The van der Waals surface area contributed by atoms with Gasteiger partial charge >= 0.3 is 0 Å². The third-order valence-corrected chi connectivity index (χ3v) is 3.45. The van der Waals surface area contributed by atoms with Gasteiger partial charge in [0.15, 0.2) is 0 Å². The first-order chi connectivity index (χ1) is 2.96. The van der Waals surface area contributed by atoms with Crippen molar-refractivity contribution in [2.45, 2.75) is 22.2 Å². The minimum atomic E-state index is -0.771. The van der Waals surface area contributed by atoms with Crippen LogP contribution in [-0.2, 0) is 5.11 Å². The molecule has 0 aromatic rings. The average Bonchev–Trinajstić information content (AvgIpc) is 1.63. The van der Waals surface area contributed by atoms with E-state index in [1.54, 1.807) is 6.92 Å². The summed E-state index contributed by atoms with van der Waals surface area (Å²) in [6, 6.07) is 0. The van der Waals surface area contributed by atoms with Crippen LogP contribution in [0.4, 0.5) is 0 Å². The highest BCUT2D eigenvalue weighted by molar-refractivity contribution is 9.25. The molecule has 0 spiro atoms. The first-order valence-corrected chi connectivity index (χ1v) is 3.63. The molecule has 1 saturated carbocycles. The smallest absolute Gasteiger partial charge is 0.128 e. The maximum absolute atomic E-state index is 10.8. The van der Waals surface area contributed by atoms with Gasteiger partial charge in [0.2, 0.25) is 0 Å². The Morgan fingerprint density at radius 1 is 1.57 bits per heavy atom. The molecule has 1 radical (unpaired) electrons. The maximum Gasteiger partial charge on any atom is 0.128 e. The number of hydrogen-bond donors (Lipinski definition) is 0. The lowest BCUT2D eigenvalue weighted by molar-refractivity contribution is 0.0822. The van der Waals surface area contributed by atoms with E-state index in [0.717, 1.165) is 0 Å². The Balaban J connectivity index is 2.59. The summed E-state index contributed by atoms with van der Waals surface area (Å²) in [5.74, 6) is 0. The van der Waals surface area contributed by atoms with E-state index in [1.807, 2.05) is 0 Å². The van der Waals surface area contributed by atoms with Crippen molar-refractivity contribution in [3.8, 4) is 0 Å². The number of rotatable bonds is 0. The first-order valence-electron chi connectivity index (χ1n) is 2.04. The van der Waals surface area contributed by atoms with Crippen LogP contribution in [0, 0.1) is 0 Å². The molecule has 1 nitrogen and oxygen atoms in total. The van der Waals surface area contributed by atoms with Gasteiger partial charge in [-0.15, -0.1) is 0 Å². The lowest BCUT2D eigenvalue weighted by Gasteiger charge is -1.96. The molecule has 3 heteroatoms. The topological polar surface area (TPSA) is 19.9 Å². The SMILES string of the molecule is CC1([O])CC1(Br)Br. The largest absolute Gasteiger partial charge is 0.227 e. The Hall–Kier alpha value is 0.920. The molecule has 0 aliphatic heterocycles. The quantitative estimate of drug-likeness (QED) is 0.566. The number of halogens is 2. The van der Waals surface area contributed by atoms with Crippen LogP contribution in [0.1, 0.15) is 13.3 Å². The zero-order chi connectivity index (χ0) is 5.71. The van der Waals surface area contributed by atoms with Crippen LogP contribution >= 0.6 is 31.9 Å². The third-order valence-electron chi connectivity index (χ3n) is 1.21. The van der Waals surface area contributed by atoms with Gasteiger partial charge in [-0.05, 0) is 6.92 Å². The normalized spacial score (nSPS) is 46.3. The molecule has 1 fully saturated rings. The van der Waals surface area contributed by atoms with Crippen molar-refractivity contribution < 1.29 is 5.11 Å². The zero-order valence-corrected chi connectivity index (χ0v) is 7.04. The summed E-state index contributed by atoms with van der Waals surface area (Å²) in [6.07, 6.45) is 0.681. The van der Waals surface area contributed by atoms with Crippen LogP contribution < -0.4 is 0 Å². The Morgan fingerprint density at radius 3 is 1.71 bits per heavy atom. The summed E-state index contributed by atoms with van der Waals surface area (Å²) in [5.41, 5.74) is -0.771. The van der Waals surface area contributed by atoms with Crippen molar-refractivity contribution in [1.82, 2.24) is 0 Å². The second kappa shape index (κ2) is 1.25. The molecule has 1 aliphatic carbocycles. The highest BCUT2D eigenvalue weighted by atomic mass is 79.9. The van der Waals surface area contributed by atoms with Crippen LogP contribution in [0.25, 0.3) is 0 Å². The lowest BCUT2D eigenvalue weighted by atomic mass is 10.4. The van der Waals surface area contributed by atoms with E-state index >= 15 is 0 Å². The minimum absolute atomic E-state index is 0.285. The van der Waals surface area contributed by atoms with Crippen LogP contribution in [0.5, 0.6) is 0 Å². The molecule has 0 aromatic heterocycles. The summed E-state index contributed by atoms with van der Waals surface area (Å²) in [5, 5.41) is 10.8. The Kier molecular flexibility index (Phi) is 1.08. The first kappa shape index (κ1) is 6.05. The molecule has 0 bridgehead atoms. The van der Waals surface area contributed by atoms with Crippen molar-refractivity contribution >= 4 is 31.9 Å². The van der Waals surface area contributed by atoms with Gasteiger partial charge in [0.25, 0.3) is 0 Å². The van der Waals surface area contributed by atoms with Gasteiger partial charge in [-0.25, -0.2) is 5.11 Å². The summed E-state index contributed by atoms with van der Waals surface area (Å²) in [6.45, 7) is 1.68. The van der Waals surface area contributed by atoms with Crippen LogP contribution in [0.3, 0.4) is 0 Å². The van der Waals surface area contributed by atoms with E-state index in [2.05, 4.69) is 31.9 Å². The number of alkyl halides is 2. The van der Waals surface area contributed by atoms with Gasteiger partial charge in [-0.1, -0.05) is 31.9 Å². The van der Waals surface area contributed by atoms with Gasteiger partial charge in [0.05, 0.1) is 0 Å². The van der Waals surface area contributed by atoms with E-state index < -0.39 is 5.60 Å². The van der Waals surface area contributed by atoms with Gasteiger partial charge in [-0.3, -0.25) is 0 Å². The molecule has 1 aliphatic rings. The predicted molar refractivity (Wildman–Crippen MR) is 34.3 cm³/mol. The van der Waals surface area contributed by atoms with Crippen molar-refractivity contribution in [3.05, 3.63) is 0 Å². The summed E-state index contributed by atoms with van der Waals surface area (Å²) >= 11 is 6.42. The second-order valence-electron chi connectivity index (χ2n) is 2.11. The maximum atomic E-state index is 10.8. The van der Waals surface area contributed by atoms with Crippen LogP contribution in [0.2, 0.25) is 0 Å². The number of hydrogen-bond acceptors (Lipinski definition) is 0. The predicted octanol–water partition coefficient (Wildman–Crippen LogP) is 2.07. The van der Waals surface area contributed by atoms with Gasteiger partial charge in [0, 0.05) is 6.42 Å². The van der Waals surface area contributed by atoms with Gasteiger partial charge in [-0.2, -0.15) is 0 Å². The zero-order valence-electron chi connectivity index (χ0n) is 3.87. The van der Waals surface area contributed by atoms with Crippen LogP contribution in [0.15, 0.2) is 0 Å². The molecule has 0 N–H and O–H groups in total. The lowest BCUT2D eigenvalue weighted by Crippen LogP contribution is -2.05. The fourth-order valence-electron chi connectivity index (χ4n) is 0.379. The highest BCUT2D eigenvalue weighted by Crippen LogP contribution is 2.59. The van der Waals surface area contributed by atoms with E-state index in [0.29, 0.717) is 6.42 Å². The molecule has 0 amide bonds. The second-order valence-corrected chi connectivity index (χ2v) is 5.88. The molecule has 7 heavy (non-hydrogen) atoms. The fraction of sp³-hybridized carbons (Fsp3) is 1.00. The Labute approximate surface area is 59.4 Å². The van der Waals surface area contributed by atoms with Crippen LogP contribution in [-0.4, -0.2) is 8.83 Å². The molecular weight excluding hydrogens is 224 g/mol. The molecule has 1 unspecified atom stereocenters. The minimum Gasteiger partial charge on any atom is -0.227 e. The summed E-state index contributed by atoms with van der Waals surface area (Å²) < 4.78 is -0.285. The molecule has 0 aromatic carbocycles. The third kappa shape index (κ3) is 0.864. The average molecular weight is 229 g/mol.